The van der Waals surface area contributed by atoms with Gasteiger partial charge in [-0.05, 0) is 56.1 Å². The Hall–Kier alpha value is -3.04. The molecule has 1 fully saturated rings. The van der Waals surface area contributed by atoms with E-state index in [1.807, 2.05) is 31.2 Å². The molecule has 3 rings (SSSR count). The molecule has 2 aromatic rings. The molecule has 3 amide bonds. The second-order valence-electron chi connectivity index (χ2n) is 9.05. The summed E-state index contributed by atoms with van der Waals surface area (Å²) in [6.45, 7) is 5.91. The standard InChI is InChI=1S/C27H32ClF3N4O2/c1-20-5-7-21(8-6-20)9-12-25(36)32-13-3-2-4-14-34-15-17-35(18-16-34)26(37)33-22-10-11-24(28)23(19-22)27(29,30)31/h5-12,19H,2-4,13-18H2,1H3,(H,32,36)(H,33,37)/b12-9+. The van der Waals surface area contributed by atoms with Crippen LogP contribution in [-0.2, 0) is 11.0 Å². The molecule has 0 unspecified atom stereocenters. The van der Waals surface area contributed by atoms with Gasteiger partial charge in [0.15, 0.2) is 0 Å². The zero-order valence-corrected chi connectivity index (χ0v) is 21.5. The van der Waals surface area contributed by atoms with Gasteiger partial charge in [-0.15, -0.1) is 0 Å². The highest BCUT2D eigenvalue weighted by molar-refractivity contribution is 6.31. The van der Waals surface area contributed by atoms with Crippen LogP contribution < -0.4 is 10.6 Å². The van der Waals surface area contributed by atoms with Gasteiger partial charge in [-0.25, -0.2) is 4.79 Å². The Morgan fingerprint density at radius 3 is 2.38 bits per heavy atom. The molecule has 1 heterocycles. The van der Waals surface area contributed by atoms with E-state index < -0.39 is 22.8 Å². The van der Waals surface area contributed by atoms with Gasteiger partial charge >= 0.3 is 12.2 Å². The molecule has 10 heteroatoms. The van der Waals surface area contributed by atoms with Gasteiger partial charge in [0.1, 0.15) is 0 Å². The van der Waals surface area contributed by atoms with E-state index >= 15 is 0 Å². The number of nitrogens with one attached hydrogen (secondary N) is 2. The number of piperazine rings is 1. The van der Waals surface area contributed by atoms with Crippen LogP contribution in [0.1, 0.15) is 36.0 Å². The van der Waals surface area contributed by atoms with Gasteiger partial charge in [-0.3, -0.25) is 9.69 Å². The van der Waals surface area contributed by atoms with Crippen molar-refractivity contribution >= 4 is 35.3 Å². The molecule has 0 radical (unpaired) electrons. The molecule has 200 valence electrons. The average molecular weight is 537 g/mol. The minimum Gasteiger partial charge on any atom is -0.353 e. The van der Waals surface area contributed by atoms with Gasteiger partial charge in [0.05, 0.1) is 10.6 Å². The molecule has 0 saturated carbocycles. The van der Waals surface area contributed by atoms with Crippen LogP contribution in [0.15, 0.2) is 48.5 Å². The molecule has 2 N–H and O–H groups in total. The first-order chi connectivity index (χ1) is 17.6. The van der Waals surface area contributed by atoms with E-state index in [0.717, 1.165) is 43.5 Å². The fraction of sp³-hybridized carbons (Fsp3) is 0.407. The van der Waals surface area contributed by atoms with Crippen LogP contribution in [0.5, 0.6) is 0 Å². The number of carbonyl (C=O) groups is 2. The van der Waals surface area contributed by atoms with Crippen molar-refractivity contribution in [3.05, 3.63) is 70.3 Å². The Labute approximate surface area is 220 Å². The fourth-order valence-corrected chi connectivity index (χ4v) is 4.18. The van der Waals surface area contributed by atoms with Gasteiger partial charge in [0, 0.05) is 44.5 Å². The largest absolute Gasteiger partial charge is 0.417 e. The van der Waals surface area contributed by atoms with E-state index in [2.05, 4.69) is 15.5 Å². The number of benzene rings is 2. The van der Waals surface area contributed by atoms with Gasteiger partial charge in [-0.1, -0.05) is 47.9 Å². The van der Waals surface area contributed by atoms with Crippen LogP contribution in [0.2, 0.25) is 5.02 Å². The van der Waals surface area contributed by atoms with Crippen LogP contribution in [-0.4, -0.2) is 61.0 Å². The maximum Gasteiger partial charge on any atom is 0.417 e. The Morgan fingerprint density at radius 2 is 1.70 bits per heavy atom. The van der Waals surface area contributed by atoms with Crippen LogP contribution in [0.3, 0.4) is 0 Å². The van der Waals surface area contributed by atoms with Crippen molar-refractivity contribution in [2.24, 2.45) is 0 Å². The molecule has 0 atom stereocenters. The lowest BCUT2D eigenvalue weighted by atomic mass is 10.1. The van der Waals surface area contributed by atoms with E-state index in [4.69, 9.17) is 11.6 Å². The molecule has 1 aliphatic rings. The Balaban J connectivity index is 1.28. The third-order valence-corrected chi connectivity index (χ3v) is 6.47. The highest BCUT2D eigenvalue weighted by Gasteiger charge is 2.33. The summed E-state index contributed by atoms with van der Waals surface area (Å²) in [5.74, 6) is -0.108. The molecule has 2 aromatic carbocycles. The number of aryl methyl sites for hydroxylation is 1. The molecule has 1 aliphatic heterocycles. The van der Waals surface area contributed by atoms with E-state index in [1.54, 1.807) is 17.1 Å². The molecule has 6 nitrogen and oxygen atoms in total. The van der Waals surface area contributed by atoms with Crippen molar-refractivity contribution in [2.45, 2.75) is 32.4 Å². The normalized spacial score (nSPS) is 14.7. The summed E-state index contributed by atoms with van der Waals surface area (Å²) in [4.78, 5) is 28.3. The lowest BCUT2D eigenvalue weighted by Gasteiger charge is -2.34. The third kappa shape index (κ3) is 9.40. The second-order valence-corrected chi connectivity index (χ2v) is 9.45. The number of hydrogen-bond acceptors (Lipinski definition) is 3. The predicted molar refractivity (Wildman–Crippen MR) is 141 cm³/mol. The number of alkyl halides is 3. The molecular weight excluding hydrogens is 505 g/mol. The summed E-state index contributed by atoms with van der Waals surface area (Å²) in [6, 6.07) is 10.9. The number of halogens is 4. The van der Waals surface area contributed by atoms with Crippen LogP contribution >= 0.6 is 11.6 Å². The number of hydrogen-bond donors (Lipinski definition) is 2. The smallest absolute Gasteiger partial charge is 0.353 e. The maximum atomic E-state index is 13.0. The van der Waals surface area contributed by atoms with Gasteiger partial charge in [-0.2, -0.15) is 13.2 Å². The maximum absolute atomic E-state index is 13.0. The zero-order chi connectivity index (χ0) is 26.8. The molecule has 0 aromatic heterocycles. The predicted octanol–water partition coefficient (Wildman–Crippen LogP) is 5.82. The second kappa shape index (κ2) is 13.5. The van der Waals surface area contributed by atoms with E-state index in [-0.39, 0.29) is 11.6 Å². The molecule has 0 aliphatic carbocycles. The summed E-state index contributed by atoms with van der Waals surface area (Å²) in [5.41, 5.74) is 1.24. The minimum absolute atomic E-state index is 0.0573. The minimum atomic E-state index is -4.59. The molecule has 1 saturated heterocycles. The number of carbonyl (C=O) groups excluding carboxylic acids is 2. The quantitative estimate of drug-likeness (QED) is 0.314. The van der Waals surface area contributed by atoms with Crippen molar-refractivity contribution in [2.75, 3.05) is 44.6 Å². The first-order valence-electron chi connectivity index (χ1n) is 12.3. The fourth-order valence-electron chi connectivity index (χ4n) is 3.95. The van der Waals surface area contributed by atoms with E-state index in [1.165, 1.54) is 11.6 Å². The van der Waals surface area contributed by atoms with Crippen molar-refractivity contribution in [1.82, 2.24) is 15.1 Å². The third-order valence-electron chi connectivity index (χ3n) is 6.14. The van der Waals surface area contributed by atoms with Crippen molar-refractivity contribution < 1.29 is 22.8 Å². The summed E-state index contributed by atoms with van der Waals surface area (Å²) < 4.78 is 39.1. The van der Waals surface area contributed by atoms with Crippen molar-refractivity contribution in [3.63, 3.8) is 0 Å². The van der Waals surface area contributed by atoms with E-state index in [0.29, 0.717) is 32.7 Å². The van der Waals surface area contributed by atoms with Gasteiger partial charge in [0.2, 0.25) is 5.91 Å². The molecule has 0 bridgehead atoms. The lowest BCUT2D eigenvalue weighted by Crippen LogP contribution is -2.50. The highest BCUT2D eigenvalue weighted by atomic mass is 35.5. The van der Waals surface area contributed by atoms with Crippen LogP contribution in [0.25, 0.3) is 6.08 Å². The number of rotatable bonds is 9. The van der Waals surface area contributed by atoms with E-state index in [9.17, 15) is 22.8 Å². The van der Waals surface area contributed by atoms with Crippen LogP contribution in [0, 0.1) is 6.92 Å². The monoisotopic (exact) mass is 536 g/mol. The Morgan fingerprint density at radius 1 is 1.00 bits per heavy atom. The number of anilines is 1. The van der Waals surface area contributed by atoms with Gasteiger partial charge in [0.25, 0.3) is 0 Å². The zero-order valence-electron chi connectivity index (χ0n) is 20.8. The lowest BCUT2D eigenvalue weighted by molar-refractivity contribution is -0.137. The SMILES string of the molecule is Cc1ccc(/C=C/C(=O)NCCCCCN2CCN(C(=O)Nc3ccc(Cl)c(C(F)(F)F)c3)CC2)cc1. The number of urea groups is 1. The number of nitrogens with zero attached hydrogens (tertiary/aromatic N) is 2. The van der Waals surface area contributed by atoms with Crippen molar-refractivity contribution in [3.8, 4) is 0 Å². The molecule has 37 heavy (non-hydrogen) atoms. The first-order valence-corrected chi connectivity index (χ1v) is 12.7. The van der Waals surface area contributed by atoms with Crippen LogP contribution in [0.4, 0.5) is 23.7 Å². The molecule has 0 spiro atoms. The number of amides is 3. The average Bonchev–Trinajstić information content (AvgIpc) is 2.86. The van der Waals surface area contributed by atoms with Gasteiger partial charge < -0.3 is 15.5 Å². The summed E-state index contributed by atoms with van der Waals surface area (Å²) in [6.07, 6.45) is 1.58. The summed E-state index contributed by atoms with van der Waals surface area (Å²) >= 11 is 5.63. The highest BCUT2D eigenvalue weighted by Crippen LogP contribution is 2.36. The first kappa shape index (κ1) is 28.5. The van der Waals surface area contributed by atoms with Crippen molar-refractivity contribution in [1.29, 1.82) is 0 Å². The molecular formula is C27H32ClF3N4O2. The number of unbranched alkanes of at least 4 members (excludes halogenated alkanes) is 2. The summed E-state index contributed by atoms with van der Waals surface area (Å²) in [5, 5.41) is 5.02. The topological polar surface area (TPSA) is 64.7 Å². The Bertz CT molecular complexity index is 1080. The Kier molecular flexibility index (Phi) is 10.4. The summed E-state index contributed by atoms with van der Waals surface area (Å²) in [7, 11) is 0.